The van der Waals surface area contributed by atoms with Gasteiger partial charge in [-0.05, 0) is 56.8 Å². The van der Waals surface area contributed by atoms with Gasteiger partial charge >= 0.3 is 0 Å². The van der Waals surface area contributed by atoms with Crippen molar-refractivity contribution in [1.29, 1.82) is 0 Å². The first kappa shape index (κ1) is 16.3. The number of piperidine rings is 1. The van der Waals surface area contributed by atoms with Gasteiger partial charge in [0.2, 0.25) is 0 Å². The molecule has 3 heteroatoms. The lowest BCUT2D eigenvalue weighted by molar-refractivity contribution is 0.144. The van der Waals surface area contributed by atoms with Crippen LogP contribution >= 0.6 is 0 Å². The van der Waals surface area contributed by atoms with E-state index in [2.05, 4.69) is 46.5 Å². The van der Waals surface area contributed by atoms with Gasteiger partial charge < -0.3 is 4.90 Å². The number of likely N-dealkylation sites (tertiary alicyclic amines) is 1. The summed E-state index contributed by atoms with van der Waals surface area (Å²) in [4.78, 5) is 2.74. The monoisotopic (exact) mass is 311 g/mol. The minimum atomic E-state index is 0.747. The van der Waals surface area contributed by atoms with Crippen LogP contribution in [0.3, 0.4) is 0 Å². The van der Waals surface area contributed by atoms with Crippen molar-refractivity contribution in [3.05, 3.63) is 54.4 Å². The van der Waals surface area contributed by atoms with Crippen molar-refractivity contribution in [2.24, 2.45) is 0 Å². The maximum absolute atomic E-state index is 4.27. The highest BCUT2D eigenvalue weighted by atomic mass is 15.3. The third-order valence-electron chi connectivity index (χ3n) is 4.95. The molecule has 0 saturated carbocycles. The highest BCUT2D eigenvalue weighted by Crippen LogP contribution is 2.21. The lowest BCUT2D eigenvalue weighted by Gasteiger charge is -2.36. The van der Waals surface area contributed by atoms with Gasteiger partial charge in [-0.1, -0.05) is 43.2 Å². The van der Waals surface area contributed by atoms with Gasteiger partial charge in [0.25, 0.3) is 0 Å². The molecule has 3 nitrogen and oxygen atoms in total. The summed E-state index contributed by atoms with van der Waals surface area (Å²) in [5, 5.41) is 4.27. The predicted octanol–water partition coefficient (Wildman–Crippen LogP) is 4.15. The Kier molecular flexibility index (Phi) is 6.27. The Morgan fingerprint density at radius 3 is 2.65 bits per heavy atom. The zero-order valence-electron chi connectivity index (χ0n) is 14.1. The molecule has 0 aliphatic carbocycles. The Morgan fingerprint density at radius 1 is 0.957 bits per heavy atom. The zero-order chi connectivity index (χ0) is 15.7. The van der Waals surface area contributed by atoms with E-state index in [1.165, 1.54) is 63.6 Å². The summed E-state index contributed by atoms with van der Waals surface area (Å²) < 4.78 is 2.04. The van der Waals surface area contributed by atoms with Gasteiger partial charge in [-0.25, -0.2) is 0 Å². The summed E-state index contributed by atoms with van der Waals surface area (Å²) in [6.07, 6.45) is 13.1. The van der Waals surface area contributed by atoms with E-state index in [4.69, 9.17) is 0 Å². The van der Waals surface area contributed by atoms with Gasteiger partial charge in [-0.2, -0.15) is 5.10 Å². The van der Waals surface area contributed by atoms with E-state index in [-0.39, 0.29) is 0 Å². The van der Waals surface area contributed by atoms with Gasteiger partial charge in [-0.15, -0.1) is 0 Å². The maximum Gasteiger partial charge on any atom is 0.0489 e. The minimum absolute atomic E-state index is 0.747. The Balaban J connectivity index is 1.39. The Bertz CT molecular complexity index is 535. The van der Waals surface area contributed by atoms with E-state index in [0.717, 1.165) is 12.6 Å². The van der Waals surface area contributed by atoms with E-state index in [0.29, 0.717) is 0 Å². The largest absolute Gasteiger partial charge is 0.300 e. The van der Waals surface area contributed by atoms with Crippen molar-refractivity contribution in [2.45, 2.75) is 57.5 Å². The number of aryl methyl sites for hydroxylation is 1. The molecule has 0 spiro atoms. The second kappa shape index (κ2) is 8.88. The summed E-state index contributed by atoms with van der Waals surface area (Å²) in [7, 11) is 0. The van der Waals surface area contributed by atoms with Gasteiger partial charge in [0, 0.05) is 25.0 Å². The molecule has 1 saturated heterocycles. The molecule has 2 aromatic rings. The van der Waals surface area contributed by atoms with Crippen LogP contribution in [0.1, 0.15) is 44.1 Å². The molecule has 3 rings (SSSR count). The average Bonchev–Trinajstić information content (AvgIpc) is 3.10. The molecule has 1 aliphatic heterocycles. The van der Waals surface area contributed by atoms with Crippen LogP contribution in [0.4, 0.5) is 0 Å². The van der Waals surface area contributed by atoms with E-state index >= 15 is 0 Å². The van der Waals surface area contributed by atoms with Crippen LogP contribution in [0.2, 0.25) is 0 Å². The fourth-order valence-electron chi connectivity index (χ4n) is 3.67. The van der Waals surface area contributed by atoms with Crippen LogP contribution in [-0.2, 0) is 13.0 Å². The second-order valence-corrected chi connectivity index (χ2v) is 6.71. The summed E-state index contributed by atoms with van der Waals surface area (Å²) >= 11 is 0. The Hall–Kier alpha value is -1.61. The van der Waals surface area contributed by atoms with Crippen molar-refractivity contribution in [2.75, 3.05) is 13.1 Å². The fourth-order valence-corrected chi connectivity index (χ4v) is 3.67. The van der Waals surface area contributed by atoms with Gasteiger partial charge in [0.05, 0.1) is 0 Å². The van der Waals surface area contributed by atoms with Gasteiger partial charge in [-0.3, -0.25) is 4.68 Å². The minimum Gasteiger partial charge on any atom is -0.300 e. The lowest BCUT2D eigenvalue weighted by Crippen LogP contribution is -2.41. The highest BCUT2D eigenvalue weighted by Gasteiger charge is 2.21. The van der Waals surface area contributed by atoms with Crippen molar-refractivity contribution >= 4 is 0 Å². The second-order valence-electron chi connectivity index (χ2n) is 6.71. The predicted molar refractivity (Wildman–Crippen MR) is 95.4 cm³/mol. The number of hydrogen-bond acceptors (Lipinski definition) is 2. The molecule has 0 radical (unpaired) electrons. The third kappa shape index (κ3) is 5.21. The fraction of sp³-hybridized carbons (Fsp3) is 0.550. The molecule has 2 heterocycles. The van der Waals surface area contributed by atoms with E-state index in [1.807, 2.05) is 16.9 Å². The Morgan fingerprint density at radius 2 is 1.83 bits per heavy atom. The standard InChI is InChI=1S/C20H29N3/c1-3-10-19(11-4-1)18-20-12-5-8-15-22(20)14-6-2-7-16-23-17-9-13-21-23/h1,3-4,9-11,13,17,20H,2,5-8,12,14-16,18H2. The third-order valence-corrected chi connectivity index (χ3v) is 4.95. The molecule has 0 N–H and O–H groups in total. The summed E-state index contributed by atoms with van der Waals surface area (Å²) in [5.74, 6) is 0. The van der Waals surface area contributed by atoms with Crippen LogP contribution in [-0.4, -0.2) is 33.8 Å². The van der Waals surface area contributed by atoms with Crippen molar-refractivity contribution in [3.8, 4) is 0 Å². The van der Waals surface area contributed by atoms with Crippen molar-refractivity contribution in [1.82, 2.24) is 14.7 Å². The van der Waals surface area contributed by atoms with Crippen LogP contribution in [0, 0.1) is 0 Å². The SMILES string of the molecule is c1ccc(CC2CCCCN2CCCCCn2cccn2)cc1. The van der Waals surface area contributed by atoms with Crippen LogP contribution in [0.25, 0.3) is 0 Å². The number of benzene rings is 1. The quantitative estimate of drug-likeness (QED) is 0.683. The summed E-state index contributed by atoms with van der Waals surface area (Å²) in [6, 6.07) is 13.7. The first-order valence-corrected chi connectivity index (χ1v) is 9.17. The van der Waals surface area contributed by atoms with Crippen LogP contribution in [0.15, 0.2) is 48.8 Å². The summed E-state index contributed by atoms with van der Waals surface area (Å²) in [5.41, 5.74) is 1.49. The number of rotatable bonds is 8. The molecule has 1 atom stereocenters. The molecule has 1 fully saturated rings. The zero-order valence-corrected chi connectivity index (χ0v) is 14.1. The maximum atomic E-state index is 4.27. The molecule has 1 aliphatic rings. The highest BCUT2D eigenvalue weighted by molar-refractivity contribution is 5.16. The summed E-state index contributed by atoms with van der Waals surface area (Å²) in [6.45, 7) is 3.60. The molecular formula is C20H29N3. The molecule has 23 heavy (non-hydrogen) atoms. The molecule has 0 bridgehead atoms. The topological polar surface area (TPSA) is 21.1 Å². The number of hydrogen-bond donors (Lipinski definition) is 0. The van der Waals surface area contributed by atoms with Crippen LogP contribution in [0.5, 0.6) is 0 Å². The molecule has 1 unspecified atom stereocenters. The first-order chi connectivity index (χ1) is 11.4. The van der Waals surface area contributed by atoms with E-state index in [1.54, 1.807) is 0 Å². The van der Waals surface area contributed by atoms with E-state index < -0.39 is 0 Å². The smallest absolute Gasteiger partial charge is 0.0489 e. The molecule has 1 aromatic carbocycles. The lowest BCUT2D eigenvalue weighted by atomic mass is 9.95. The average molecular weight is 311 g/mol. The molecule has 124 valence electrons. The molecule has 1 aromatic heterocycles. The van der Waals surface area contributed by atoms with Crippen molar-refractivity contribution < 1.29 is 0 Å². The number of unbranched alkanes of at least 4 members (excludes halogenated alkanes) is 2. The van der Waals surface area contributed by atoms with Crippen LogP contribution < -0.4 is 0 Å². The van der Waals surface area contributed by atoms with Crippen molar-refractivity contribution in [3.63, 3.8) is 0 Å². The molecular weight excluding hydrogens is 282 g/mol. The van der Waals surface area contributed by atoms with Gasteiger partial charge in [0.15, 0.2) is 0 Å². The number of nitrogens with zero attached hydrogens (tertiary/aromatic N) is 3. The Labute approximate surface area is 140 Å². The first-order valence-electron chi connectivity index (χ1n) is 9.17. The molecule has 0 amide bonds. The number of aromatic nitrogens is 2. The van der Waals surface area contributed by atoms with Gasteiger partial charge in [0.1, 0.15) is 0 Å². The normalized spacial score (nSPS) is 19.0. The van der Waals surface area contributed by atoms with E-state index in [9.17, 15) is 0 Å².